The summed E-state index contributed by atoms with van der Waals surface area (Å²) in [5, 5.41) is 0. The van der Waals surface area contributed by atoms with Crippen LogP contribution in [0.1, 0.15) is 27.7 Å². The predicted molar refractivity (Wildman–Crippen MR) is 279 cm³/mol. The van der Waals surface area contributed by atoms with Gasteiger partial charge in [0.2, 0.25) is 0 Å². The number of fused-ring (bicyclic) bond motifs is 6. The normalized spacial score (nSPS) is 19.2. The van der Waals surface area contributed by atoms with Crippen LogP contribution in [0.4, 0.5) is 0 Å². The van der Waals surface area contributed by atoms with Crippen LogP contribution < -0.4 is 37.9 Å². The van der Waals surface area contributed by atoms with Gasteiger partial charge in [-0.15, -0.1) is 139 Å². The Balaban J connectivity index is 0.996. The molecule has 0 aliphatic carbocycles. The van der Waals surface area contributed by atoms with E-state index in [9.17, 15) is 0 Å². The molecule has 0 saturated heterocycles. The number of ether oxygens (including phenoxy) is 8. The van der Waals surface area contributed by atoms with Gasteiger partial charge in [0.1, 0.15) is 34.8 Å². The molecule has 0 N–H and O–H groups in total. The van der Waals surface area contributed by atoms with Crippen LogP contribution in [0.5, 0.6) is 46.0 Å². The highest BCUT2D eigenvalue weighted by Gasteiger charge is 2.40. The van der Waals surface area contributed by atoms with E-state index in [4.69, 9.17) is 37.9 Å². The SMILES string of the molecule is CSc1sc(-c2sc(-c3sc(-c4sc(-c5sc(-c6sc(SC)c7c6OCC(C)(C)CO7)c6c5OCCO6)c5c4SCCS5)c4c3SCCS4)c3c2OCCO3)c2c1OCC(C)(C)CO2. The van der Waals surface area contributed by atoms with Gasteiger partial charge in [-0.3, -0.25) is 0 Å². The van der Waals surface area contributed by atoms with Crippen LogP contribution >= 0.6 is 139 Å². The van der Waals surface area contributed by atoms with E-state index in [0.29, 0.717) is 52.9 Å². The van der Waals surface area contributed by atoms with Gasteiger partial charge in [-0.25, -0.2) is 0 Å². The van der Waals surface area contributed by atoms with Crippen molar-refractivity contribution < 1.29 is 37.9 Å². The van der Waals surface area contributed by atoms with Crippen molar-refractivity contribution in [1.82, 2.24) is 0 Å². The Hall–Kier alpha value is -1.30. The van der Waals surface area contributed by atoms with E-state index >= 15 is 0 Å². The van der Waals surface area contributed by atoms with E-state index in [2.05, 4.69) is 40.2 Å². The zero-order chi connectivity index (χ0) is 43.5. The summed E-state index contributed by atoms with van der Waals surface area (Å²) in [6.45, 7) is 13.2. The maximum atomic E-state index is 6.63. The zero-order valence-corrected chi connectivity index (χ0v) is 45.4. The fourth-order valence-corrected chi connectivity index (χ4v) is 23.3. The Morgan fingerprint density at radius 2 is 0.578 bits per heavy atom. The number of hydrogen-bond acceptors (Lipinski definition) is 20. The van der Waals surface area contributed by atoms with Gasteiger partial charge in [0.15, 0.2) is 46.0 Å². The van der Waals surface area contributed by atoms with Crippen molar-refractivity contribution in [2.45, 2.75) is 55.7 Å². The first kappa shape index (κ1) is 43.9. The molecule has 6 aromatic heterocycles. The van der Waals surface area contributed by atoms with Gasteiger partial charge in [0.05, 0.1) is 75.2 Å². The highest BCUT2D eigenvalue weighted by molar-refractivity contribution is 8.06. The largest absolute Gasteiger partial charge is 0.487 e. The lowest BCUT2D eigenvalue weighted by molar-refractivity contribution is 0.139. The monoisotopic (exact) mass is 1080 g/mol. The fourth-order valence-electron chi connectivity index (χ4n) is 7.99. The molecular formula is C44H42O8S12. The van der Waals surface area contributed by atoms with Crippen molar-refractivity contribution in [3.63, 3.8) is 0 Å². The molecule has 6 aliphatic heterocycles. The lowest BCUT2D eigenvalue weighted by Gasteiger charge is -2.20. The molecule has 0 fully saturated rings. The lowest BCUT2D eigenvalue weighted by Crippen LogP contribution is -2.26. The quantitative estimate of drug-likeness (QED) is 0.142. The second-order valence-corrected chi connectivity index (χ2v) is 29.8. The van der Waals surface area contributed by atoms with E-state index in [1.165, 1.54) is 39.1 Å². The van der Waals surface area contributed by atoms with Crippen molar-refractivity contribution in [1.29, 1.82) is 0 Å². The summed E-state index contributed by atoms with van der Waals surface area (Å²) in [6, 6.07) is 0. The van der Waals surface area contributed by atoms with Gasteiger partial charge < -0.3 is 37.9 Å². The molecule has 12 heterocycles. The first-order valence-electron chi connectivity index (χ1n) is 20.8. The molecule has 0 atom stereocenters. The Morgan fingerprint density at radius 1 is 0.328 bits per heavy atom. The van der Waals surface area contributed by atoms with Crippen LogP contribution in [-0.4, -0.2) is 88.4 Å². The minimum atomic E-state index is -0.1000. The Labute approximate surface area is 421 Å². The number of hydrogen-bond donors (Lipinski definition) is 0. The highest BCUT2D eigenvalue weighted by atomic mass is 32.2. The van der Waals surface area contributed by atoms with E-state index < -0.39 is 0 Å². The maximum absolute atomic E-state index is 6.63. The van der Waals surface area contributed by atoms with Crippen molar-refractivity contribution in [3.8, 4) is 94.8 Å². The predicted octanol–water partition coefficient (Wildman–Crippen LogP) is 15.4. The van der Waals surface area contributed by atoms with Gasteiger partial charge in [-0.05, 0) is 12.5 Å². The standard InChI is InChI=1S/C44H42O8S12/c1-43(2)15-49-23-25(51-17-43)41(53-5)63-29(23)27-19-21(47-9-7-45-19)31(59-27)37-33-35(57-13-11-55-33)39(61-37)40-36-34(56-12-14-58-36)38(62-40)32-22-20(46-8-10-48-22)28(60-32)30-24-26(42(54-6)64-30)52-18-44(3,4)16-50-24/h7-18H2,1-6H3. The van der Waals surface area contributed by atoms with Crippen molar-refractivity contribution in [2.24, 2.45) is 10.8 Å². The average Bonchev–Trinajstić information content (AvgIpc) is 4.14. The summed E-state index contributed by atoms with van der Waals surface area (Å²) in [5.74, 6) is 11.0. The Kier molecular flexibility index (Phi) is 11.9. The maximum Gasteiger partial charge on any atom is 0.186 e. The number of thioether (sulfide) groups is 6. The summed E-state index contributed by atoms with van der Waals surface area (Å²) in [5.41, 5.74) is -0.200. The second kappa shape index (κ2) is 17.3. The van der Waals surface area contributed by atoms with Crippen LogP contribution in [0.3, 0.4) is 0 Å². The summed E-state index contributed by atoms with van der Waals surface area (Å²) >= 11 is 22.2. The molecule has 6 aromatic rings. The molecular weight excluding hydrogens is 1040 g/mol. The van der Waals surface area contributed by atoms with Crippen LogP contribution in [0, 0.1) is 10.8 Å². The topological polar surface area (TPSA) is 73.8 Å². The molecule has 0 aromatic carbocycles. The third-order valence-corrected chi connectivity index (χ3v) is 26.7. The molecule has 20 heteroatoms. The molecule has 0 bridgehead atoms. The molecule has 0 saturated carbocycles. The summed E-state index contributed by atoms with van der Waals surface area (Å²) in [6.07, 6.45) is 4.22. The Bertz CT molecular complexity index is 2630. The smallest absolute Gasteiger partial charge is 0.186 e. The summed E-state index contributed by atoms with van der Waals surface area (Å²) < 4.78 is 54.8. The third kappa shape index (κ3) is 7.42. The van der Waals surface area contributed by atoms with Crippen molar-refractivity contribution in [2.75, 3.05) is 88.4 Å². The molecule has 0 spiro atoms. The molecule has 6 aliphatic rings. The summed E-state index contributed by atoms with van der Waals surface area (Å²) in [7, 11) is 0. The van der Waals surface area contributed by atoms with Gasteiger partial charge >= 0.3 is 0 Å². The van der Waals surface area contributed by atoms with E-state index in [1.54, 1.807) is 68.9 Å². The van der Waals surface area contributed by atoms with Crippen molar-refractivity contribution in [3.05, 3.63) is 0 Å². The molecule has 0 radical (unpaired) electrons. The molecule has 64 heavy (non-hydrogen) atoms. The second-order valence-electron chi connectivity index (χ2n) is 17.1. The van der Waals surface area contributed by atoms with Crippen LogP contribution in [0.25, 0.3) is 48.8 Å². The number of rotatable bonds is 7. The van der Waals surface area contributed by atoms with Crippen LogP contribution in [-0.2, 0) is 0 Å². The molecule has 12 rings (SSSR count). The Morgan fingerprint density at radius 3 is 0.906 bits per heavy atom. The third-order valence-electron chi connectivity index (χ3n) is 11.0. The van der Waals surface area contributed by atoms with Crippen LogP contribution in [0.2, 0.25) is 0 Å². The van der Waals surface area contributed by atoms with Crippen LogP contribution in [0.15, 0.2) is 28.0 Å². The van der Waals surface area contributed by atoms with Gasteiger partial charge in [0, 0.05) is 53.4 Å². The van der Waals surface area contributed by atoms with E-state index in [-0.39, 0.29) is 10.8 Å². The lowest BCUT2D eigenvalue weighted by atomic mass is 9.97. The zero-order valence-electron chi connectivity index (χ0n) is 35.7. The van der Waals surface area contributed by atoms with Gasteiger partial charge in [-0.2, -0.15) is 0 Å². The van der Waals surface area contributed by atoms with Crippen molar-refractivity contribution >= 4 is 139 Å². The van der Waals surface area contributed by atoms with E-state index in [1.807, 2.05) is 69.7 Å². The van der Waals surface area contributed by atoms with Gasteiger partial charge in [-0.1, -0.05) is 27.7 Å². The fraction of sp³-hybridized carbons (Fsp3) is 0.455. The highest BCUT2D eigenvalue weighted by Crippen LogP contribution is 2.68. The first-order valence-corrected chi connectivity index (χ1v) is 32.0. The minimum absolute atomic E-state index is 0.1000. The van der Waals surface area contributed by atoms with E-state index in [0.717, 1.165) is 107 Å². The number of thiophene rings is 6. The molecule has 338 valence electrons. The molecule has 8 nitrogen and oxygen atoms in total. The summed E-state index contributed by atoms with van der Waals surface area (Å²) in [4.78, 5) is 17.2. The molecule has 0 amide bonds. The average molecular weight is 1080 g/mol. The molecule has 0 unspecified atom stereocenters. The first-order chi connectivity index (χ1) is 31.1. The minimum Gasteiger partial charge on any atom is -0.487 e. The van der Waals surface area contributed by atoms with Gasteiger partial charge in [0.25, 0.3) is 0 Å².